The smallest absolute Gasteiger partial charge is 0.193 e. The van der Waals surface area contributed by atoms with E-state index >= 15 is 0 Å². The van der Waals surface area contributed by atoms with Gasteiger partial charge in [0.05, 0.1) is 11.0 Å². The lowest BCUT2D eigenvalue weighted by Crippen LogP contribution is -2.22. The van der Waals surface area contributed by atoms with Crippen molar-refractivity contribution in [1.29, 1.82) is 0 Å². The number of halogens is 2. The van der Waals surface area contributed by atoms with Gasteiger partial charge in [-0.2, -0.15) is 0 Å². The number of rotatable bonds is 3. The number of phenols is 1. The lowest BCUT2D eigenvalue weighted by Gasteiger charge is -2.06. The normalized spacial score (nSPS) is 10.9. The van der Waals surface area contributed by atoms with Gasteiger partial charge in [0.25, 0.3) is 0 Å². The molecule has 4 nitrogen and oxygen atoms in total. The summed E-state index contributed by atoms with van der Waals surface area (Å²) in [6, 6.07) is 13.2. The average Bonchev–Trinajstić information content (AvgIpc) is 2.43. The highest BCUT2D eigenvalue weighted by Crippen LogP contribution is 2.24. The van der Waals surface area contributed by atoms with Gasteiger partial charge < -0.3 is 16.2 Å². The zero-order chi connectivity index (χ0) is 14.5. The number of benzene rings is 2. The molecular weight excluding hydrogens is 445 g/mol. The molecule has 0 radical (unpaired) electrons. The van der Waals surface area contributed by atoms with E-state index in [1.54, 1.807) is 6.07 Å². The number of phenolic OH excluding ortho intramolecular Hbond substituents is 1. The molecule has 0 amide bonds. The third kappa shape index (κ3) is 5.55. The summed E-state index contributed by atoms with van der Waals surface area (Å²) < 4.78 is 0.648. The molecule has 0 unspecified atom stereocenters. The van der Waals surface area contributed by atoms with Crippen LogP contribution in [0.25, 0.3) is 0 Å². The van der Waals surface area contributed by atoms with E-state index < -0.39 is 0 Å². The SMILES string of the molecule is Cc1ccc(NC(N)=NCc2ccc(O)c(Br)c2)cc1.I. The Labute approximate surface area is 149 Å². The van der Waals surface area contributed by atoms with Gasteiger partial charge >= 0.3 is 0 Å². The zero-order valence-electron chi connectivity index (χ0n) is 11.5. The van der Waals surface area contributed by atoms with Crippen LogP contribution in [0.1, 0.15) is 11.1 Å². The summed E-state index contributed by atoms with van der Waals surface area (Å²) in [5.41, 5.74) is 8.90. The van der Waals surface area contributed by atoms with Gasteiger partial charge in [-0.1, -0.05) is 23.8 Å². The topological polar surface area (TPSA) is 70.6 Å². The minimum absolute atomic E-state index is 0. The second-order valence-electron chi connectivity index (χ2n) is 4.48. The Balaban J connectivity index is 0.00000220. The first-order valence-corrected chi connectivity index (χ1v) is 6.95. The molecule has 0 saturated heterocycles. The van der Waals surface area contributed by atoms with Gasteiger partial charge in [0.2, 0.25) is 0 Å². The van der Waals surface area contributed by atoms with Crippen LogP contribution in [0.3, 0.4) is 0 Å². The van der Waals surface area contributed by atoms with Crippen LogP contribution in [-0.2, 0) is 6.54 Å². The van der Waals surface area contributed by atoms with Gasteiger partial charge in [-0.25, -0.2) is 4.99 Å². The maximum absolute atomic E-state index is 9.42. The number of aryl methyl sites for hydroxylation is 1. The first-order chi connectivity index (χ1) is 9.54. The Bertz CT molecular complexity index is 629. The van der Waals surface area contributed by atoms with Crippen LogP contribution >= 0.6 is 39.9 Å². The lowest BCUT2D eigenvalue weighted by atomic mass is 10.2. The number of aliphatic imine (C=N–C) groups is 1. The van der Waals surface area contributed by atoms with Crippen LogP contribution in [0.15, 0.2) is 51.9 Å². The maximum atomic E-state index is 9.42. The van der Waals surface area contributed by atoms with Gasteiger partial charge in [-0.05, 0) is 52.7 Å². The molecule has 0 atom stereocenters. The highest BCUT2D eigenvalue weighted by atomic mass is 127. The highest BCUT2D eigenvalue weighted by Gasteiger charge is 2.00. The second kappa shape index (κ2) is 8.23. The Hall–Kier alpha value is -1.28. The first kappa shape index (κ1) is 17.8. The number of nitrogens with two attached hydrogens (primary N) is 1. The molecule has 0 spiro atoms. The molecule has 21 heavy (non-hydrogen) atoms. The van der Waals surface area contributed by atoms with Gasteiger partial charge in [-0.15, -0.1) is 24.0 Å². The van der Waals surface area contributed by atoms with Gasteiger partial charge in [0.1, 0.15) is 5.75 Å². The molecule has 0 fully saturated rings. The molecule has 0 aliphatic heterocycles. The number of nitrogens with one attached hydrogen (secondary N) is 1. The fraction of sp³-hybridized carbons (Fsp3) is 0.133. The monoisotopic (exact) mass is 461 g/mol. The van der Waals surface area contributed by atoms with Gasteiger partial charge in [0.15, 0.2) is 5.96 Å². The van der Waals surface area contributed by atoms with Crippen molar-refractivity contribution in [3.63, 3.8) is 0 Å². The van der Waals surface area contributed by atoms with Crippen molar-refractivity contribution in [3.8, 4) is 5.75 Å². The summed E-state index contributed by atoms with van der Waals surface area (Å²) in [6.45, 7) is 2.48. The summed E-state index contributed by atoms with van der Waals surface area (Å²) >= 11 is 3.27. The van der Waals surface area contributed by atoms with E-state index in [0.29, 0.717) is 17.0 Å². The van der Waals surface area contributed by atoms with Gasteiger partial charge in [0, 0.05) is 5.69 Å². The molecule has 2 aromatic rings. The van der Waals surface area contributed by atoms with Crippen molar-refractivity contribution < 1.29 is 5.11 Å². The minimum Gasteiger partial charge on any atom is -0.507 e. The van der Waals surface area contributed by atoms with Crippen LogP contribution in [0.5, 0.6) is 5.75 Å². The van der Waals surface area contributed by atoms with Crippen molar-refractivity contribution in [2.45, 2.75) is 13.5 Å². The average molecular weight is 462 g/mol. The molecule has 0 aliphatic carbocycles. The van der Waals surface area contributed by atoms with Crippen molar-refractivity contribution in [2.75, 3.05) is 5.32 Å². The number of guanidine groups is 1. The molecule has 6 heteroatoms. The largest absolute Gasteiger partial charge is 0.507 e. The summed E-state index contributed by atoms with van der Waals surface area (Å²) in [4.78, 5) is 4.26. The molecule has 0 bridgehead atoms. The first-order valence-electron chi connectivity index (χ1n) is 6.15. The van der Waals surface area contributed by atoms with Crippen LogP contribution in [-0.4, -0.2) is 11.1 Å². The van der Waals surface area contributed by atoms with E-state index in [9.17, 15) is 5.11 Å². The summed E-state index contributed by atoms with van der Waals surface area (Å²) in [7, 11) is 0. The van der Waals surface area contributed by atoms with Crippen molar-refractivity contribution in [1.82, 2.24) is 0 Å². The third-order valence-electron chi connectivity index (χ3n) is 2.77. The molecule has 2 rings (SSSR count). The number of anilines is 1. The Morgan fingerprint density at radius 2 is 1.90 bits per heavy atom. The van der Waals surface area contributed by atoms with E-state index in [1.165, 1.54) is 5.56 Å². The Kier molecular flexibility index (Phi) is 6.97. The van der Waals surface area contributed by atoms with Crippen molar-refractivity contribution >= 4 is 51.6 Å². The number of nitrogens with zero attached hydrogens (tertiary/aromatic N) is 1. The predicted octanol–water partition coefficient (Wildman–Crippen LogP) is 4.01. The molecule has 0 aliphatic rings. The van der Waals surface area contributed by atoms with E-state index in [0.717, 1.165) is 11.3 Å². The van der Waals surface area contributed by atoms with Crippen LogP contribution in [0, 0.1) is 6.92 Å². The molecule has 2 aromatic carbocycles. The number of hydrogen-bond donors (Lipinski definition) is 3. The van der Waals surface area contributed by atoms with E-state index in [2.05, 4.69) is 26.2 Å². The van der Waals surface area contributed by atoms with Crippen molar-refractivity contribution in [2.24, 2.45) is 10.7 Å². The number of aromatic hydroxyl groups is 1. The second-order valence-corrected chi connectivity index (χ2v) is 5.33. The van der Waals surface area contributed by atoms with E-state index in [-0.39, 0.29) is 29.7 Å². The predicted molar refractivity (Wildman–Crippen MR) is 101 cm³/mol. The maximum Gasteiger partial charge on any atom is 0.193 e. The highest BCUT2D eigenvalue weighted by molar-refractivity contribution is 14.0. The van der Waals surface area contributed by atoms with Gasteiger partial charge in [-0.3, -0.25) is 0 Å². The molecule has 112 valence electrons. The van der Waals surface area contributed by atoms with Crippen molar-refractivity contribution in [3.05, 3.63) is 58.1 Å². The quantitative estimate of drug-likeness (QED) is 0.367. The third-order valence-corrected chi connectivity index (χ3v) is 3.40. The van der Waals surface area contributed by atoms with E-state index in [4.69, 9.17) is 5.73 Å². The lowest BCUT2D eigenvalue weighted by molar-refractivity contribution is 0.471. The minimum atomic E-state index is 0. The molecular formula is C15H17BrIN3O. The molecule has 0 heterocycles. The number of hydrogen-bond acceptors (Lipinski definition) is 2. The van der Waals surface area contributed by atoms with E-state index in [1.807, 2.05) is 43.3 Å². The standard InChI is InChI=1S/C15H16BrN3O.HI/c1-10-2-5-12(6-3-10)19-15(17)18-9-11-4-7-14(20)13(16)8-11;/h2-8,20H,9H2,1H3,(H3,17,18,19);1H. The summed E-state index contributed by atoms with van der Waals surface area (Å²) in [5.74, 6) is 0.571. The summed E-state index contributed by atoms with van der Waals surface area (Å²) in [5, 5.41) is 12.5. The Morgan fingerprint density at radius 1 is 1.24 bits per heavy atom. The fourth-order valence-electron chi connectivity index (χ4n) is 1.65. The van der Waals surface area contributed by atoms with Crippen LogP contribution in [0.2, 0.25) is 0 Å². The van der Waals surface area contributed by atoms with Crippen LogP contribution < -0.4 is 11.1 Å². The molecule has 0 saturated carbocycles. The summed E-state index contributed by atoms with van der Waals surface area (Å²) in [6.07, 6.45) is 0. The Morgan fingerprint density at radius 3 is 2.52 bits per heavy atom. The molecule has 0 aromatic heterocycles. The van der Waals surface area contributed by atoms with Crippen LogP contribution in [0.4, 0.5) is 5.69 Å². The zero-order valence-corrected chi connectivity index (χ0v) is 15.4. The fourth-order valence-corrected chi connectivity index (χ4v) is 2.08. The molecule has 4 N–H and O–H groups in total.